The lowest BCUT2D eigenvalue weighted by Crippen LogP contribution is -2.69. The van der Waals surface area contributed by atoms with E-state index in [-0.39, 0.29) is 5.41 Å². The van der Waals surface area contributed by atoms with Gasteiger partial charge in [0.2, 0.25) is 5.88 Å². The van der Waals surface area contributed by atoms with Gasteiger partial charge in [-0.1, -0.05) is 19.1 Å². The SMILES string of the molecule is COc1cccc([B-]23OCC(C)(CO2)CO3)n1. The van der Waals surface area contributed by atoms with Gasteiger partial charge in [0.15, 0.2) is 0 Å². The summed E-state index contributed by atoms with van der Waals surface area (Å²) in [4.78, 5) is 4.34. The Morgan fingerprint density at radius 1 is 1.24 bits per heavy atom. The molecule has 3 aliphatic rings. The van der Waals surface area contributed by atoms with E-state index in [9.17, 15) is 0 Å². The van der Waals surface area contributed by atoms with Crippen LogP contribution in [0, 0.1) is 5.41 Å². The van der Waals surface area contributed by atoms with Crippen LogP contribution in [0.15, 0.2) is 18.2 Å². The molecule has 1 aromatic heterocycles. The molecule has 4 heterocycles. The summed E-state index contributed by atoms with van der Waals surface area (Å²) in [5.74, 6) is 0.536. The van der Waals surface area contributed by atoms with Crippen molar-refractivity contribution in [3.63, 3.8) is 0 Å². The summed E-state index contributed by atoms with van der Waals surface area (Å²) in [6.07, 6.45) is 0. The van der Waals surface area contributed by atoms with Crippen LogP contribution in [0.5, 0.6) is 5.88 Å². The van der Waals surface area contributed by atoms with E-state index in [1.165, 1.54) is 0 Å². The van der Waals surface area contributed by atoms with Crippen LogP contribution in [0.4, 0.5) is 0 Å². The number of aromatic nitrogens is 1. The number of rotatable bonds is 2. The number of pyridine rings is 1. The molecule has 6 heteroatoms. The number of fused-ring (bicyclic) bond motifs is 3. The summed E-state index contributed by atoms with van der Waals surface area (Å²) >= 11 is 0. The summed E-state index contributed by atoms with van der Waals surface area (Å²) < 4.78 is 22.4. The van der Waals surface area contributed by atoms with Crippen LogP contribution in [0.25, 0.3) is 0 Å². The Morgan fingerprint density at radius 2 is 1.88 bits per heavy atom. The van der Waals surface area contributed by atoms with Crippen LogP contribution in [0.3, 0.4) is 0 Å². The Morgan fingerprint density at radius 3 is 2.47 bits per heavy atom. The fourth-order valence-electron chi connectivity index (χ4n) is 2.20. The van der Waals surface area contributed by atoms with Crippen LogP contribution >= 0.6 is 0 Å². The van der Waals surface area contributed by atoms with Gasteiger partial charge in [-0.05, 0) is 5.59 Å². The molecule has 1 aromatic rings. The van der Waals surface area contributed by atoms with Gasteiger partial charge < -0.3 is 18.7 Å². The van der Waals surface area contributed by atoms with Gasteiger partial charge in [-0.15, -0.1) is 0 Å². The largest absolute Gasteiger partial charge is 0.539 e. The zero-order chi connectivity index (χ0) is 11.9. The van der Waals surface area contributed by atoms with Crippen LogP contribution in [0.2, 0.25) is 0 Å². The predicted octanol–water partition coefficient (Wildman–Crippen LogP) is 0.319. The number of hydrogen-bond donors (Lipinski definition) is 0. The summed E-state index contributed by atoms with van der Waals surface area (Å²) in [6.45, 7) is 2.15. The number of hydrogen-bond acceptors (Lipinski definition) is 5. The molecule has 0 aliphatic carbocycles. The molecule has 92 valence electrons. The van der Waals surface area contributed by atoms with Gasteiger partial charge in [-0.3, -0.25) is 4.98 Å². The molecule has 3 saturated heterocycles. The maximum absolute atomic E-state index is 5.75. The molecular formula is C11H15BNO4-. The van der Waals surface area contributed by atoms with Crippen molar-refractivity contribution in [1.82, 2.24) is 4.98 Å². The van der Waals surface area contributed by atoms with E-state index in [1.807, 2.05) is 12.1 Å². The Kier molecular flexibility index (Phi) is 2.39. The van der Waals surface area contributed by atoms with Gasteiger partial charge in [0.05, 0.1) is 7.11 Å². The molecule has 0 saturated carbocycles. The first-order valence-electron chi connectivity index (χ1n) is 5.73. The molecule has 4 rings (SSSR count). The van der Waals surface area contributed by atoms with Crippen molar-refractivity contribution in [3.8, 4) is 5.88 Å². The van der Waals surface area contributed by atoms with Crippen molar-refractivity contribution < 1.29 is 18.7 Å². The Bertz CT molecular complexity index is 415. The van der Waals surface area contributed by atoms with Crippen LogP contribution < -0.4 is 10.3 Å². The van der Waals surface area contributed by atoms with E-state index in [0.717, 1.165) is 0 Å². The fourth-order valence-corrected chi connectivity index (χ4v) is 2.20. The summed E-state index contributed by atoms with van der Waals surface area (Å²) in [6, 6.07) is 5.48. The van der Waals surface area contributed by atoms with Crippen molar-refractivity contribution in [2.45, 2.75) is 6.92 Å². The lowest BCUT2D eigenvalue weighted by molar-refractivity contribution is -0.119. The Balaban J connectivity index is 1.93. The topological polar surface area (TPSA) is 49.8 Å². The van der Waals surface area contributed by atoms with E-state index in [0.29, 0.717) is 31.3 Å². The van der Waals surface area contributed by atoms with Gasteiger partial charge >= 0.3 is 6.75 Å². The molecule has 0 spiro atoms. The van der Waals surface area contributed by atoms with Crippen LogP contribution in [-0.2, 0) is 14.0 Å². The minimum absolute atomic E-state index is 0.0254. The summed E-state index contributed by atoms with van der Waals surface area (Å²) in [5, 5.41) is 0. The van der Waals surface area contributed by atoms with Gasteiger partial charge in [0.1, 0.15) is 0 Å². The van der Waals surface area contributed by atoms with Crippen molar-refractivity contribution in [3.05, 3.63) is 18.2 Å². The normalized spacial score (nSPS) is 35.9. The van der Waals surface area contributed by atoms with Gasteiger partial charge in [-0.25, -0.2) is 0 Å². The third kappa shape index (κ3) is 1.72. The van der Waals surface area contributed by atoms with Gasteiger partial charge in [-0.2, -0.15) is 0 Å². The number of methoxy groups -OCH3 is 1. The van der Waals surface area contributed by atoms with Gasteiger partial charge in [0, 0.05) is 31.3 Å². The summed E-state index contributed by atoms with van der Waals surface area (Å²) in [5.41, 5.74) is 0.633. The highest BCUT2D eigenvalue weighted by Gasteiger charge is 2.47. The highest BCUT2D eigenvalue weighted by molar-refractivity contribution is 6.74. The highest BCUT2D eigenvalue weighted by Crippen LogP contribution is 2.34. The van der Waals surface area contributed by atoms with E-state index >= 15 is 0 Å². The first-order chi connectivity index (χ1) is 8.16. The minimum Gasteiger partial charge on any atom is -0.539 e. The molecule has 5 nitrogen and oxygen atoms in total. The third-order valence-electron chi connectivity index (χ3n) is 3.27. The van der Waals surface area contributed by atoms with E-state index in [2.05, 4.69) is 11.9 Å². The second-order valence-corrected chi connectivity index (χ2v) is 4.99. The zero-order valence-corrected chi connectivity index (χ0v) is 10.0. The van der Waals surface area contributed by atoms with Gasteiger partial charge in [0.25, 0.3) is 0 Å². The Labute approximate surface area is 100 Å². The molecule has 0 atom stereocenters. The first kappa shape index (κ1) is 11.0. The van der Waals surface area contributed by atoms with E-state index in [1.54, 1.807) is 13.2 Å². The molecule has 0 radical (unpaired) electrons. The second-order valence-electron chi connectivity index (χ2n) is 4.99. The van der Waals surface area contributed by atoms with Crippen LogP contribution in [-0.4, -0.2) is 38.7 Å². The molecule has 3 aliphatic heterocycles. The molecule has 17 heavy (non-hydrogen) atoms. The molecule has 0 N–H and O–H groups in total. The fraction of sp³-hybridized carbons (Fsp3) is 0.545. The van der Waals surface area contributed by atoms with Crippen LogP contribution in [0.1, 0.15) is 6.92 Å². The van der Waals surface area contributed by atoms with Crippen molar-refractivity contribution in [1.29, 1.82) is 0 Å². The minimum atomic E-state index is -1.87. The molecule has 0 amide bonds. The monoisotopic (exact) mass is 236 g/mol. The molecule has 3 fully saturated rings. The zero-order valence-electron chi connectivity index (χ0n) is 10.0. The van der Waals surface area contributed by atoms with E-state index in [4.69, 9.17) is 18.7 Å². The average molecular weight is 236 g/mol. The molecule has 0 aromatic carbocycles. The van der Waals surface area contributed by atoms with Crippen molar-refractivity contribution in [2.24, 2.45) is 5.41 Å². The Hall–Kier alpha value is -1.11. The smallest absolute Gasteiger partial charge is 0.427 e. The quantitative estimate of drug-likeness (QED) is 0.692. The summed E-state index contributed by atoms with van der Waals surface area (Å²) in [7, 11) is 1.58. The molecule has 0 unspecified atom stereocenters. The average Bonchev–Trinajstić information content (AvgIpc) is 2.40. The maximum Gasteiger partial charge on any atom is 0.427 e. The highest BCUT2D eigenvalue weighted by atomic mass is 16.8. The third-order valence-corrected chi connectivity index (χ3v) is 3.27. The predicted molar refractivity (Wildman–Crippen MR) is 62.1 cm³/mol. The molecule has 2 bridgehead atoms. The van der Waals surface area contributed by atoms with E-state index < -0.39 is 6.75 Å². The standard InChI is InChI=1S/C11H15BNO4/c1-11-6-15-12(16-7-11,17-8-11)9-4-3-5-10(13-9)14-2/h3-5H,6-8H2,1-2H3/q-1. The lowest BCUT2D eigenvalue weighted by atomic mass is 9.67. The second kappa shape index (κ2) is 3.70. The number of ether oxygens (including phenoxy) is 1. The van der Waals surface area contributed by atoms with Crippen molar-refractivity contribution >= 4 is 12.3 Å². The first-order valence-corrected chi connectivity index (χ1v) is 5.73. The number of nitrogens with zero attached hydrogens (tertiary/aromatic N) is 1. The maximum atomic E-state index is 5.75. The lowest BCUT2D eigenvalue weighted by Gasteiger charge is -2.57. The molecular weight excluding hydrogens is 221 g/mol. The van der Waals surface area contributed by atoms with Crippen molar-refractivity contribution in [2.75, 3.05) is 26.9 Å².